The second-order valence-electron chi connectivity index (χ2n) is 5.18. The summed E-state index contributed by atoms with van der Waals surface area (Å²) in [6.07, 6.45) is 5.16. The third kappa shape index (κ3) is 4.25. The van der Waals surface area contributed by atoms with Crippen molar-refractivity contribution >= 4 is 11.4 Å². The van der Waals surface area contributed by atoms with E-state index in [2.05, 4.69) is 66.5 Å². The summed E-state index contributed by atoms with van der Waals surface area (Å²) >= 11 is 0. The van der Waals surface area contributed by atoms with Crippen LogP contribution in [-0.4, -0.2) is 22.9 Å². The lowest BCUT2D eigenvalue weighted by molar-refractivity contribution is 0.602. The molecule has 2 aromatic rings. The van der Waals surface area contributed by atoms with Crippen LogP contribution in [0.25, 0.3) is 0 Å². The Hall–Kier alpha value is -1.97. The summed E-state index contributed by atoms with van der Waals surface area (Å²) in [5.74, 6) is 0. The van der Waals surface area contributed by atoms with Gasteiger partial charge in [-0.15, -0.1) is 0 Å². The Bertz CT molecular complexity index is 526. The number of hydrogen-bond acceptors (Lipinski definition) is 3. The average molecular weight is 286 g/mol. The van der Waals surface area contributed by atoms with Crippen LogP contribution in [0.4, 0.5) is 11.4 Å². The second kappa shape index (κ2) is 7.72. The molecule has 1 heterocycles. The van der Waals surface area contributed by atoms with Gasteiger partial charge in [-0.3, -0.25) is 4.68 Å². The minimum absolute atomic E-state index is 0.814. The van der Waals surface area contributed by atoms with E-state index >= 15 is 0 Å². The fourth-order valence-corrected chi connectivity index (χ4v) is 2.43. The first-order chi connectivity index (χ1) is 10.3. The van der Waals surface area contributed by atoms with E-state index in [4.69, 9.17) is 0 Å². The lowest BCUT2D eigenvalue weighted by Crippen LogP contribution is -2.21. The molecule has 21 heavy (non-hydrogen) atoms. The standard InChI is InChI=1S/C17H26N4/c1-4-11-21-14-15(13-19-21)12-18-16-7-9-17(10-8-16)20(5-2)6-3/h7-10,13-14,18H,4-6,11-12H2,1-3H3. The highest BCUT2D eigenvalue weighted by Crippen LogP contribution is 2.18. The molecule has 4 heteroatoms. The fraction of sp³-hybridized carbons (Fsp3) is 0.471. The molecule has 0 aliphatic rings. The van der Waals surface area contributed by atoms with E-state index in [1.54, 1.807) is 0 Å². The molecule has 2 rings (SSSR count). The molecule has 0 unspecified atom stereocenters. The van der Waals surface area contributed by atoms with Gasteiger partial charge in [-0.1, -0.05) is 6.92 Å². The van der Waals surface area contributed by atoms with Gasteiger partial charge < -0.3 is 10.2 Å². The van der Waals surface area contributed by atoms with Gasteiger partial charge in [-0.25, -0.2) is 0 Å². The molecule has 114 valence electrons. The van der Waals surface area contributed by atoms with Crippen LogP contribution < -0.4 is 10.2 Å². The molecule has 0 bridgehead atoms. The number of aryl methyl sites for hydroxylation is 1. The predicted molar refractivity (Wildman–Crippen MR) is 89.8 cm³/mol. The molecule has 0 atom stereocenters. The minimum Gasteiger partial charge on any atom is -0.381 e. The number of nitrogens with one attached hydrogen (secondary N) is 1. The topological polar surface area (TPSA) is 33.1 Å². The first-order valence-electron chi connectivity index (χ1n) is 7.87. The molecule has 0 aliphatic carbocycles. The van der Waals surface area contributed by atoms with E-state index in [-0.39, 0.29) is 0 Å². The zero-order chi connectivity index (χ0) is 15.1. The van der Waals surface area contributed by atoms with Gasteiger partial charge >= 0.3 is 0 Å². The van der Waals surface area contributed by atoms with Gasteiger partial charge in [0.05, 0.1) is 6.20 Å². The fourth-order valence-electron chi connectivity index (χ4n) is 2.43. The molecule has 0 radical (unpaired) electrons. The molecular formula is C17H26N4. The van der Waals surface area contributed by atoms with E-state index < -0.39 is 0 Å². The van der Waals surface area contributed by atoms with Gasteiger partial charge in [0.15, 0.2) is 0 Å². The van der Waals surface area contributed by atoms with E-state index in [0.29, 0.717) is 0 Å². The summed E-state index contributed by atoms with van der Waals surface area (Å²) in [7, 11) is 0. The summed E-state index contributed by atoms with van der Waals surface area (Å²) in [6.45, 7) is 10.4. The molecule has 0 spiro atoms. The van der Waals surface area contributed by atoms with E-state index in [1.807, 2.05) is 10.9 Å². The molecule has 4 nitrogen and oxygen atoms in total. The number of anilines is 2. The van der Waals surface area contributed by atoms with Crippen LogP contribution in [0.2, 0.25) is 0 Å². The molecule has 1 N–H and O–H groups in total. The average Bonchev–Trinajstić information content (AvgIpc) is 2.96. The van der Waals surface area contributed by atoms with Crippen LogP contribution in [0.1, 0.15) is 32.8 Å². The Balaban J connectivity index is 1.90. The van der Waals surface area contributed by atoms with Crippen LogP contribution in [0.5, 0.6) is 0 Å². The van der Waals surface area contributed by atoms with Crippen molar-refractivity contribution in [3.05, 3.63) is 42.2 Å². The van der Waals surface area contributed by atoms with Crippen LogP contribution in [0.15, 0.2) is 36.7 Å². The van der Waals surface area contributed by atoms with Crippen molar-refractivity contribution in [3.63, 3.8) is 0 Å². The van der Waals surface area contributed by atoms with Crippen LogP contribution in [0, 0.1) is 0 Å². The maximum Gasteiger partial charge on any atom is 0.0539 e. The first-order valence-corrected chi connectivity index (χ1v) is 7.87. The number of benzene rings is 1. The largest absolute Gasteiger partial charge is 0.381 e. The van der Waals surface area contributed by atoms with Crippen molar-refractivity contribution in [2.45, 2.75) is 40.3 Å². The summed E-state index contributed by atoms with van der Waals surface area (Å²) in [6, 6.07) is 8.64. The van der Waals surface area contributed by atoms with Gasteiger partial charge in [0.25, 0.3) is 0 Å². The third-order valence-corrected chi connectivity index (χ3v) is 3.63. The predicted octanol–water partition coefficient (Wildman–Crippen LogP) is 3.75. The maximum absolute atomic E-state index is 4.35. The Morgan fingerprint density at radius 1 is 1.10 bits per heavy atom. The van der Waals surface area contributed by atoms with Crippen molar-refractivity contribution in [1.82, 2.24) is 9.78 Å². The molecule has 0 amide bonds. The van der Waals surface area contributed by atoms with Gasteiger partial charge in [0.2, 0.25) is 0 Å². The summed E-state index contributed by atoms with van der Waals surface area (Å²) in [5.41, 5.74) is 3.65. The highest BCUT2D eigenvalue weighted by molar-refractivity contribution is 5.55. The quantitative estimate of drug-likeness (QED) is 0.802. The molecule has 1 aromatic heterocycles. The Morgan fingerprint density at radius 2 is 1.81 bits per heavy atom. The third-order valence-electron chi connectivity index (χ3n) is 3.63. The molecule has 0 saturated heterocycles. The second-order valence-corrected chi connectivity index (χ2v) is 5.18. The molecule has 1 aromatic carbocycles. The molecular weight excluding hydrogens is 260 g/mol. The number of aromatic nitrogens is 2. The zero-order valence-corrected chi connectivity index (χ0v) is 13.3. The van der Waals surface area contributed by atoms with Gasteiger partial charge in [0.1, 0.15) is 0 Å². The smallest absolute Gasteiger partial charge is 0.0539 e. The number of hydrogen-bond donors (Lipinski definition) is 1. The van der Waals surface area contributed by atoms with Gasteiger partial charge in [-0.05, 0) is 44.5 Å². The van der Waals surface area contributed by atoms with Crippen LogP contribution in [-0.2, 0) is 13.1 Å². The monoisotopic (exact) mass is 286 g/mol. The highest BCUT2D eigenvalue weighted by atomic mass is 15.3. The highest BCUT2D eigenvalue weighted by Gasteiger charge is 2.02. The maximum atomic E-state index is 4.35. The normalized spacial score (nSPS) is 10.6. The van der Waals surface area contributed by atoms with E-state index in [9.17, 15) is 0 Å². The summed E-state index contributed by atoms with van der Waals surface area (Å²) in [4.78, 5) is 2.35. The van der Waals surface area contributed by atoms with Crippen molar-refractivity contribution in [2.75, 3.05) is 23.3 Å². The molecule has 0 saturated carbocycles. The first kappa shape index (κ1) is 15.4. The molecule has 0 aliphatic heterocycles. The van der Waals surface area contributed by atoms with Crippen molar-refractivity contribution < 1.29 is 0 Å². The minimum atomic E-state index is 0.814. The molecule has 0 fully saturated rings. The van der Waals surface area contributed by atoms with E-state index in [0.717, 1.165) is 38.3 Å². The zero-order valence-electron chi connectivity index (χ0n) is 13.3. The van der Waals surface area contributed by atoms with Crippen LogP contribution >= 0.6 is 0 Å². The summed E-state index contributed by atoms with van der Waals surface area (Å²) < 4.78 is 2.00. The Kier molecular flexibility index (Phi) is 5.67. The number of nitrogens with zero attached hydrogens (tertiary/aromatic N) is 3. The van der Waals surface area contributed by atoms with Crippen molar-refractivity contribution in [2.24, 2.45) is 0 Å². The Labute approximate surface area is 127 Å². The lowest BCUT2D eigenvalue weighted by Gasteiger charge is -2.21. The van der Waals surface area contributed by atoms with Crippen molar-refractivity contribution in [1.29, 1.82) is 0 Å². The van der Waals surface area contributed by atoms with Gasteiger partial charge in [-0.2, -0.15) is 5.10 Å². The SMILES string of the molecule is CCCn1cc(CNc2ccc(N(CC)CC)cc2)cn1. The van der Waals surface area contributed by atoms with Crippen LogP contribution in [0.3, 0.4) is 0 Å². The number of rotatable bonds is 8. The summed E-state index contributed by atoms with van der Waals surface area (Å²) in [5, 5.41) is 7.79. The van der Waals surface area contributed by atoms with E-state index in [1.165, 1.54) is 11.3 Å². The lowest BCUT2D eigenvalue weighted by atomic mass is 10.2. The Morgan fingerprint density at radius 3 is 2.43 bits per heavy atom. The van der Waals surface area contributed by atoms with Crippen molar-refractivity contribution in [3.8, 4) is 0 Å². The van der Waals surface area contributed by atoms with Gasteiger partial charge in [0, 0.05) is 49.3 Å².